The Labute approximate surface area is 166 Å². The van der Waals surface area contributed by atoms with Crippen molar-refractivity contribution in [1.29, 1.82) is 0 Å². The first kappa shape index (κ1) is 19.9. The molecule has 0 bridgehead atoms. The molecule has 1 aliphatic heterocycles. The van der Waals surface area contributed by atoms with Crippen LogP contribution in [0.1, 0.15) is 44.9 Å². The molecule has 28 heavy (non-hydrogen) atoms. The van der Waals surface area contributed by atoms with E-state index in [9.17, 15) is 9.59 Å². The third-order valence-corrected chi connectivity index (χ3v) is 5.40. The van der Waals surface area contributed by atoms with Crippen molar-refractivity contribution >= 4 is 17.7 Å². The SMILES string of the molecule is CC(=O)N1c2ccccc2[C@H](NC(=O)OCc2ccccc2)[C@@H](C)[C@@H]1C(C)C. The van der Waals surface area contributed by atoms with E-state index in [0.29, 0.717) is 0 Å². The summed E-state index contributed by atoms with van der Waals surface area (Å²) < 4.78 is 5.43. The van der Waals surface area contributed by atoms with Gasteiger partial charge in [-0.3, -0.25) is 4.79 Å². The van der Waals surface area contributed by atoms with Gasteiger partial charge in [0.2, 0.25) is 5.91 Å². The van der Waals surface area contributed by atoms with Crippen LogP contribution in [0.3, 0.4) is 0 Å². The number of nitrogens with zero attached hydrogens (tertiary/aromatic N) is 1. The van der Waals surface area contributed by atoms with Crippen molar-refractivity contribution in [3.05, 3.63) is 65.7 Å². The van der Waals surface area contributed by atoms with Crippen LogP contribution in [0.5, 0.6) is 0 Å². The lowest BCUT2D eigenvalue weighted by molar-refractivity contribution is -0.117. The predicted octanol–water partition coefficient (Wildman–Crippen LogP) is 4.68. The average Bonchev–Trinajstić information content (AvgIpc) is 2.68. The summed E-state index contributed by atoms with van der Waals surface area (Å²) in [5.41, 5.74) is 2.75. The molecule has 0 unspecified atom stereocenters. The molecule has 5 heteroatoms. The maximum absolute atomic E-state index is 12.5. The highest BCUT2D eigenvalue weighted by Gasteiger charge is 2.42. The van der Waals surface area contributed by atoms with Crippen molar-refractivity contribution in [1.82, 2.24) is 5.32 Å². The summed E-state index contributed by atoms with van der Waals surface area (Å²) in [6.45, 7) is 8.12. The van der Waals surface area contributed by atoms with Crippen LogP contribution >= 0.6 is 0 Å². The summed E-state index contributed by atoms with van der Waals surface area (Å²) in [6.07, 6.45) is -0.450. The molecule has 0 radical (unpaired) electrons. The summed E-state index contributed by atoms with van der Waals surface area (Å²) in [5, 5.41) is 3.04. The van der Waals surface area contributed by atoms with E-state index in [-0.39, 0.29) is 36.4 Å². The third kappa shape index (κ3) is 4.03. The molecular formula is C23H28N2O3. The third-order valence-electron chi connectivity index (χ3n) is 5.40. The fourth-order valence-electron chi connectivity index (χ4n) is 4.23. The van der Waals surface area contributed by atoms with Gasteiger partial charge in [0.25, 0.3) is 0 Å². The second kappa shape index (κ2) is 8.46. The number of hydrogen-bond donors (Lipinski definition) is 1. The Morgan fingerprint density at radius 1 is 1.07 bits per heavy atom. The number of carbonyl (C=O) groups excluding carboxylic acids is 2. The molecule has 1 N–H and O–H groups in total. The average molecular weight is 380 g/mol. The summed E-state index contributed by atoms with van der Waals surface area (Å²) >= 11 is 0. The van der Waals surface area contributed by atoms with Crippen LogP contribution in [-0.4, -0.2) is 18.0 Å². The van der Waals surface area contributed by atoms with Gasteiger partial charge in [-0.1, -0.05) is 69.3 Å². The largest absolute Gasteiger partial charge is 0.445 e. The van der Waals surface area contributed by atoms with E-state index in [1.807, 2.05) is 59.5 Å². The van der Waals surface area contributed by atoms with Gasteiger partial charge in [-0.2, -0.15) is 0 Å². The maximum Gasteiger partial charge on any atom is 0.407 e. The van der Waals surface area contributed by atoms with E-state index in [1.54, 1.807) is 6.92 Å². The fraction of sp³-hybridized carbons (Fsp3) is 0.391. The second-order valence-corrected chi connectivity index (χ2v) is 7.73. The molecular weight excluding hydrogens is 352 g/mol. The molecule has 0 fully saturated rings. The lowest BCUT2D eigenvalue weighted by atomic mass is 9.77. The molecule has 0 spiro atoms. The number of rotatable bonds is 4. The van der Waals surface area contributed by atoms with Crippen molar-refractivity contribution in [2.45, 2.75) is 46.4 Å². The van der Waals surface area contributed by atoms with Gasteiger partial charge in [0.1, 0.15) is 6.61 Å². The Morgan fingerprint density at radius 2 is 1.71 bits per heavy atom. The number of amides is 2. The number of benzene rings is 2. The standard InChI is InChI=1S/C23H28N2O3/c1-15(2)22-16(3)21(19-12-8-9-13-20(19)25(22)17(4)26)24-23(27)28-14-18-10-6-5-7-11-18/h5-13,15-16,21-22H,14H2,1-4H3,(H,24,27)/t16-,21-,22+/m1/s1. The quantitative estimate of drug-likeness (QED) is 0.838. The van der Waals surface area contributed by atoms with Gasteiger partial charge in [0, 0.05) is 24.6 Å². The highest BCUT2D eigenvalue weighted by Crippen LogP contribution is 2.43. The summed E-state index contributed by atoms with van der Waals surface area (Å²) in [7, 11) is 0. The number of fused-ring (bicyclic) bond motifs is 1. The van der Waals surface area contributed by atoms with Gasteiger partial charge in [0.15, 0.2) is 0 Å². The van der Waals surface area contributed by atoms with E-state index >= 15 is 0 Å². The topological polar surface area (TPSA) is 58.6 Å². The molecule has 3 atom stereocenters. The van der Waals surface area contributed by atoms with Gasteiger partial charge in [0.05, 0.1) is 6.04 Å². The summed E-state index contributed by atoms with van der Waals surface area (Å²) in [4.78, 5) is 26.8. The molecule has 0 saturated heterocycles. The number of carbonyl (C=O) groups is 2. The molecule has 5 nitrogen and oxygen atoms in total. The Bertz CT molecular complexity index is 835. The number of anilines is 1. The normalized spacial score (nSPS) is 21.2. The molecule has 2 amide bonds. The van der Waals surface area contributed by atoms with Crippen molar-refractivity contribution in [2.75, 3.05) is 4.90 Å². The lowest BCUT2D eigenvalue weighted by Gasteiger charge is -2.46. The zero-order valence-electron chi connectivity index (χ0n) is 16.9. The maximum atomic E-state index is 12.5. The molecule has 2 aromatic rings. The van der Waals surface area contributed by atoms with E-state index in [1.165, 1.54) is 0 Å². The molecule has 1 heterocycles. The Morgan fingerprint density at radius 3 is 2.36 bits per heavy atom. The first-order valence-corrected chi connectivity index (χ1v) is 9.76. The monoisotopic (exact) mass is 380 g/mol. The van der Waals surface area contributed by atoms with E-state index in [4.69, 9.17) is 4.74 Å². The molecule has 0 aliphatic carbocycles. The van der Waals surface area contributed by atoms with Crippen LogP contribution in [0.4, 0.5) is 10.5 Å². The zero-order chi connectivity index (χ0) is 20.3. The number of nitrogens with one attached hydrogen (secondary N) is 1. The van der Waals surface area contributed by atoms with Crippen molar-refractivity contribution in [3.8, 4) is 0 Å². The van der Waals surface area contributed by atoms with Gasteiger partial charge in [-0.15, -0.1) is 0 Å². The van der Waals surface area contributed by atoms with Crippen LogP contribution in [-0.2, 0) is 16.1 Å². The molecule has 0 aromatic heterocycles. The Balaban J connectivity index is 1.83. The van der Waals surface area contributed by atoms with Gasteiger partial charge >= 0.3 is 6.09 Å². The number of hydrogen-bond acceptors (Lipinski definition) is 3. The first-order valence-electron chi connectivity index (χ1n) is 9.76. The predicted molar refractivity (Wildman–Crippen MR) is 110 cm³/mol. The molecule has 2 aromatic carbocycles. The van der Waals surface area contributed by atoms with E-state index in [2.05, 4.69) is 26.1 Å². The van der Waals surface area contributed by atoms with Crippen LogP contribution in [0.2, 0.25) is 0 Å². The van der Waals surface area contributed by atoms with Gasteiger partial charge < -0.3 is 15.0 Å². The van der Waals surface area contributed by atoms with Crippen molar-refractivity contribution < 1.29 is 14.3 Å². The van der Waals surface area contributed by atoms with Crippen molar-refractivity contribution in [3.63, 3.8) is 0 Å². The number of ether oxygens (including phenoxy) is 1. The zero-order valence-corrected chi connectivity index (χ0v) is 16.9. The minimum absolute atomic E-state index is 0.00757. The van der Waals surface area contributed by atoms with E-state index < -0.39 is 6.09 Å². The molecule has 148 valence electrons. The lowest BCUT2D eigenvalue weighted by Crippen LogP contribution is -2.54. The van der Waals surface area contributed by atoms with Crippen LogP contribution in [0.25, 0.3) is 0 Å². The fourth-order valence-corrected chi connectivity index (χ4v) is 4.23. The van der Waals surface area contributed by atoms with E-state index in [0.717, 1.165) is 16.8 Å². The molecule has 3 rings (SSSR count). The highest BCUT2D eigenvalue weighted by molar-refractivity contribution is 5.94. The summed E-state index contributed by atoms with van der Waals surface area (Å²) in [5.74, 6) is 0.308. The van der Waals surface area contributed by atoms with Gasteiger partial charge in [-0.05, 0) is 23.1 Å². The first-order chi connectivity index (χ1) is 13.4. The second-order valence-electron chi connectivity index (χ2n) is 7.73. The Hall–Kier alpha value is -2.82. The van der Waals surface area contributed by atoms with Crippen LogP contribution in [0.15, 0.2) is 54.6 Å². The highest BCUT2D eigenvalue weighted by atomic mass is 16.5. The van der Waals surface area contributed by atoms with Gasteiger partial charge in [-0.25, -0.2) is 4.79 Å². The minimum Gasteiger partial charge on any atom is -0.445 e. The molecule has 1 aliphatic rings. The summed E-state index contributed by atoms with van der Waals surface area (Å²) in [6, 6.07) is 17.2. The van der Waals surface area contributed by atoms with Crippen LogP contribution in [0, 0.1) is 11.8 Å². The van der Waals surface area contributed by atoms with Crippen molar-refractivity contribution in [2.24, 2.45) is 11.8 Å². The smallest absolute Gasteiger partial charge is 0.407 e. The van der Waals surface area contributed by atoms with Crippen LogP contribution < -0.4 is 10.2 Å². The number of alkyl carbamates (subject to hydrolysis) is 1. The Kier molecular flexibility index (Phi) is 6.02. The molecule has 0 saturated carbocycles. The minimum atomic E-state index is -0.450. The number of para-hydroxylation sites is 1.